The Kier molecular flexibility index (Phi) is 10.7. The van der Waals surface area contributed by atoms with Gasteiger partial charge in [-0.2, -0.15) is 0 Å². The zero-order chi connectivity index (χ0) is 33.7. The second-order valence-electron chi connectivity index (χ2n) is 13.1. The van der Waals surface area contributed by atoms with E-state index in [1.807, 2.05) is 31.2 Å². The molecule has 5 rings (SSSR count). The summed E-state index contributed by atoms with van der Waals surface area (Å²) < 4.78 is 43.1. The summed E-state index contributed by atoms with van der Waals surface area (Å²) in [6.07, 6.45) is 0.863. The Labute approximate surface area is 277 Å². The average molecular weight is 636 g/mol. The molecule has 1 aromatic heterocycles. The van der Waals surface area contributed by atoms with Gasteiger partial charge in [-0.15, -0.1) is 0 Å². The van der Waals surface area contributed by atoms with E-state index in [9.17, 15) is 8.78 Å². The molecule has 6 heteroatoms. The number of para-hydroxylation sites is 1. The van der Waals surface area contributed by atoms with Crippen molar-refractivity contribution in [2.24, 2.45) is 0 Å². The number of nitrogens with zero attached hydrogens (tertiary/aromatic N) is 1. The number of nitrogens with one attached hydrogen (secondary N) is 2. The minimum Gasteiger partial charge on any atom is -0.376 e. The summed E-state index contributed by atoms with van der Waals surface area (Å²) in [6, 6.07) is 28.1. The maximum atomic E-state index is 16.0. The molecule has 0 aliphatic heterocycles. The van der Waals surface area contributed by atoms with Gasteiger partial charge in [-0.1, -0.05) is 82.3 Å². The predicted octanol–water partition coefficient (Wildman–Crippen LogP) is 11.3. The van der Waals surface area contributed by atoms with Crippen molar-refractivity contribution in [1.29, 1.82) is 0 Å². The monoisotopic (exact) mass is 635 g/mol. The van der Waals surface area contributed by atoms with Crippen molar-refractivity contribution in [3.63, 3.8) is 0 Å². The molecule has 0 aliphatic carbocycles. The van der Waals surface area contributed by atoms with Gasteiger partial charge in [-0.05, 0) is 114 Å². The third-order valence-corrected chi connectivity index (χ3v) is 8.64. The van der Waals surface area contributed by atoms with Gasteiger partial charge < -0.3 is 10.6 Å². The SMILES string of the molecule is CC(C)c1cccc(C(C)C)c1NC(C)c1cccc(C(C)Nc2c(F)cc(Cc3ccc(F)cc3)cc2Cc2ccc(F)cc2)n1. The minimum atomic E-state index is -0.383. The van der Waals surface area contributed by atoms with Crippen LogP contribution in [0.4, 0.5) is 24.5 Å². The van der Waals surface area contributed by atoms with Crippen molar-refractivity contribution >= 4 is 11.4 Å². The Morgan fingerprint density at radius 3 is 1.51 bits per heavy atom. The first kappa shape index (κ1) is 33.8. The second-order valence-corrected chi connectivity index (χ2v) is 13.1. The molecule has 0 amide bonds. The largest absolute Gasteiger partial charge is 0.376 e. The van der Waals surface area contributed by atoms with Crippen LogP contribution in [-0.4, -0.2) is 4.98 Å². The molecule has 0 radical (unpaired) electrons. The van der Waals surface area contributed by atoms with Crippen LogP contribution in [-0.2, 0) is 12.8 Å². The molecule has 0 bridgehead atoms. The third-order valence-electron chi connectivity index (χ3n) is 8.64. The van der Waals surface area contributed by atoms with Crippen molar-refractivity contribution in [1.82, 2.24) is 4.98 Å². The smallest absolute Gasteiger partial charge is 0.146 e. The Morgan fingerprint density at radius 2 is 1.00 bits per heavy atom. The van der Waals surface area contributed by atoms with Gasteiger partial charge in [-0.3, -0.25) is 4.98 Å². The molecular formula is C41H44F3N3. The quantitative estimate of drug-likeness (QED) is 0.143. The van der Waals surface area contributed by atoms with Crippen LogP contribution >= 0.6 is 0 Å². The van der Waals surface area contributed by atoms with E-state index in [1.165, 1.54) is 41.5 Å². The zero-order valence-electron chi connectivity index (χ0n) is 28.0. The lowest BCUT2D eigenvalue weighted by Crippen LogP contribution is -2.16. The molecule has 0 fully saturated rings. The fourth-order valence-corrected chi connectivity index (χ4v) is 6.04. The number of aromatic nitrogens is 1. The highest BCUT2D eigenvalue weighted by atomic mass is 19.1. The van der Waals surface area contributed by atoms with Crippen LogP contribution in [0.25, 0.3) is 0 Å². The Hall–Kier alpha value is -4.58. The molecule has 2 unspecified atom stereocenters. The Morgan fingerprint density at radius 1 is 0.532 bits per heavy atom. The lowest BCUT2D eigenvalue weighted by atomic mass is 9.92. The normalized spacial score (nSPS) is 12.7. The van der Waals surface area contributed by atoms with Crippen LogP contribution in [0, 0.1) is 17.5 Å². The number of anilines is 2. The first-order chi connectivity index (χ1) is 22.5. The van der Waals surface area contributed by atoms with Gasteiger partial charge in [0.1, 0.15) is 17.5 Å². The number of halogens is 3. The van der Waals surface area contributed by atoms with E-state index < -0.39 is 0 Å². The summed E-state index contributed by atoms with van der Waals surface area (Å²) in [5.74, 6) is -0.277. The molecule has 47 heavy (non-hydrogen) atoms. The summed E-state index contributed by atoms with van der Waals surface area (Å²) in [5.41, 5.74) is 9.06. The first-order valence-corrected chi connectivity index (χ1v) is 16.4. The number of rotatable bonds is 12. The van der Waals surface area contributed by atoms with Gasteiger partial charge >= 0.3 is 0 Å². The van der Waals surface area contributed by atoms with Crippen LogP contribution in [0.2, 0.25) is 0 Å². The van der Waals surface area contributed by atoms with Crippen LogP contribution in [0.3, 0.4) is 0 Å². The highest BCUT2D eigenvalue weighted by Crippen LogP contribution is 2.35. The Bertz CT molecular complexity index is 1770. The van der Waals surface area contributed by atoms with Gasteiger partial charge in [-0.25, -0.2) is 13.2 Å². The first-order valence-electron chi connectivity index (χ1n) is 16.4. The minimum absolute atomic E-state index is 0.0592. The van der Waals surface area contributed by atoms with E-state index in [2.05, 4.69) is 63.5 Å². The number of hydrogen-bond acceptors (Lipinski definition) is 3. The Balaban J connectivity index is 1.42. The topological polar surface area (TPSA) is 37.0 Å². The van der Waals surface area contributed by atoms with Crippen molar-refractivity contribution in [2.75, 3.05) is 10.6 Å². The summed E-state index contributed by atoms with van der Waals surface area (Å²) >= 11 is 0. The maximum Gasteiger partial charge on any atom is 0.146 e. The van der Waals surface area contributed by atoms with Gasteiger partial charge in [0.2, 0.25) is 0 Å². The van der Waals surface area contributed by atoms with E-state index >= 15 is 4.39 Å². The van der Waals surface area contributed by atoms with E-state index in [4.69, 9.17) is 4.98 Å². The van der Waals surface area contributed by atoms with E-state index in [1.54, 1.807) is 24.3 Å². The molecular weight excluding hydrogens is 591 g/mol. The highest BCUT2D eigenvalue weighted by Gasteiger charge is 2.20. The molecule has 0 spiro atoms. The highest BCUT2D eigenvalue weighted by molar-refractivity contribution is 5.61. The molecule has 0 aliphatic rings. The fraction of sp³-hybridized carbons (Fsp3) is 0.293. The van der Waals surface area contributed by atoms with Crippen LogP contribution in [0.5, 0.6) is 0 Å². The lowest BCUT2D eigenvalue weighted by molar-refractivity contribution is 0.622. The maximum absolute atomic E-state index is 16.0. The molecule has 244 valence electrons. The summed E-state index contributed by atoms with van der Waals surface area (Å²) in [7, 11) is 0. The van der Waals surface area contributed by atoms with Gasteiger partial charge in [0.15, 0.2) is 0 Å². The molecule has 1 heterocycles. The number of pyridine rings is 1. The van der Waals surface area contributed by atoms with Crippen molar-refractivity contribution in [2.45, 2.75) is 78.3 Å². The summed E-state index contributed by atoms with van der Waals surface area (Å²) in [5, 5.41) is 7.17. The third kappa shape index (κ3) is 8.42. The van der Waals surface area contributed by atoms with Crippen molar-refractivity contribution in [3.8, 4) is 0 Å². The summed E-state index contributed by atoms with van der Waals surface area (Å²) in [6.45, 7) is 12.9. The van der Waals surface area contributed by atoms with Crippen LogP contribution in [0.15, 0.2) is 97.1 Å². The predicted molar refractivity (Wildman–Crippen MR) is 188 cm³/mol. The molecule has 5 aromatic rings. The molecule has 0 saturated heterocycles. The number of benzene rings is 4. The second kappa shape index (κ2) is 14.9. The average Bonchev–Trinajstić information content (AvgIpc) is 3.04. The van der Waals surface area contributed by atoms with Crippen molar-refractivity contribution < 1.29 is 13.2 Å². The van der Waals surface area contributed by atoms with Gasteiger partial charge in [0.25, 0.3) is 0 Å². The fourth-order valence-electron chi connectivity index (χ4n) is 6.04. The molecule has 3 nitrogen and oxygen atoms in total. The molecule has 2 atom stereocenters. The van der Waals surface area contributed by atoms with Crippen LogP contribution in [0.1, 0.15) is 110 Å². The van der Waals surface area contributed by atoms with Gasteiger partial charge in [0.05, 0.1) is 29.2 Å². The molecule has 0 saturated carbocycles. The van der Waals surface area contributed by atoms with E-state index in [0.29, 0.717) is 30.4 Å². The molecule has 2 N–H and O–H groups in total. The number of hydrogen-bond donors (Lipinski definition) is 2. The summed E-state index contributed by atoms with van der Waals surface area (Å²) in [4.78, 5) is 5.03. The van der Waals surface area contributed by atoms with Crippen molar-refractivity contribution in [3.05, 3.63) is 159 Å². The molecule has 4 aromatic carbocycles. The zero-order valence-corrected chi connectivity index (χ0v) is 28.0. The lowest BCUT2D eigenvalue weighted by Gasteiger charge is -2.25. The van der Waals surface area contributed by atoms with E-state index in [0.717, 1.165) is 39.3 Å². The van der Waals surface area contributed by atoms with Crippen LogP contribution < -0.4 is 10.6 Å². The standard InChI is InChI=1S/C41H44F3N3/c1-25(2)35-9-7-10-36(26(3)4)41(35)46-28(6)39-12-8-11-38(47-39)27(5)45-40-32(22-30-15-19-34(43)20-16-30)23-31(24-37(40)44)21-29-13-17-33(42)18-14-29/h7-20,23-28,45-46H,21-22H2,1-6H3. The van der Waals surface area contributed by atoms with E-state index in [-0.39, 0.29) is 29.5 Å². The van der Waals surface area contributed by atoms with Gasteiger partial charge in [0, 0.05) is 5.69 Å².